The summed E-state index contributed by atoms with van der Waals surface area (Å²) in [4.78, 5) is 3.26. The Morgan fingerprint density at radius 3 is 2.90 bits per heavy atom. The largest absolute Gasteiger partial charge is 0.361 e. The van der Waals surface area contributed by atoms with Crippen molar-refractivity contribution in [2.45, 2.75) is 6.92 Å². The number of H-pyrrole nitrogens is 1. The zero-order valence-electron chi connectivity index (χ0n) is 12.1. The number of benzene rings is 1. The van der Waals surface area contributed by atoms with Crippen LogP contribution >= 0.6 is 0 Å². The second-order valence-electron chi connectivity index (χ2n) is 5.21. The van der Waals surface area contributed by atoms with Gasteiger partial charge < -0.3 is 10.3 Å². The van der Waals surface area contributed by atoms with Gasteiger partial charge in [-0.1, -0.05) is 31.4 Å². The molecule has 1 aliphatic rings. The summed E-state index contributed by atoms with van der Waals surface area (Å²) in [7, 11) is 0. The highest BCUT2D eigenvalue weighted by Gasteiger charge is 2.08. The van der Waals surface area contributed by atoms with Crippen molar-refractivity contribution in [1.29, 1.82) is 0 Å². The third-order valence-corrected chi connectivity index (χ3v) is 3.65. The Morgan fingerprint density at radius 1 is 1.19 bits per heavy atom. The topological polar surface area (TPSA) is 27.8 Å². The van der Waals surface area contributed by atoms with Gasteiger partial charge in [0, 0.05) is 29.0 Å². The SMILES string of the molecule is C=C1/C=C\C=C/N/C(C(=C)c2ccc3[nH]cc(C)c3c2)=C\1. The van der Waals surface area contributed by atoms with Gasteiger partial charge in [0.1, 0.15) is 0 Å². The molecule has 0 saturated carbocycles. The van der Waals surface area contributed by atoms with Crippen molar-refractivity contribution in [2.24, 2.45) is 0 Å². The van der Waals surface area contributed by atoms with Crippen molar-refractivity contribution in [3.63, 3.8) is 0 Å². The fourth-order valence-corrected chi connectivity index (χ4v) is 2.43. The van der Waals surface area contributed by atoms with Crippen LogP contribution in [0.25, 0.3) is 16.5 Å². The molecule has 1 aromatic heterocycles. The van der Waals surface area contributed by atoms with Crippen LogP contribution in [0.15, 0.2) is 79.3 Å². The highest BCUT2D eigenvalue weighted by Crippen LogP contribution is 2.26. The van der Waals surface area contributed by atoms with Gasteiger partial charge in [0.15, 0.2) is 0 Å². The molecule has 2 heterocycles. The predicted molar refractivity (Wildman–Crippen MR) is 90.7 cm³/mol. The van der Waals surface area contributed by atoms with E-state index in [0.29, 0.717) is 0 Å². The Kier molecular flexibility index (Phi) is 3.36. The molecule has 1 aromatic carbocycles. The number of rotatable bonds is 2. The van der Waals surface area contributed by atoms with Gasteiger partial charge in [0.05, 0.1) is 0 Å². The van der Waals surface area contributed by atoms with E-state index < -0.39 is 0 Å². The van der Waals surface area contributed by atoms with Gasteiger partial charge >= 0.3 is 0 Å². The molecule has 0 fully saturated rings. The zero-order chi connectivity index (χ0) is 14.8. The van der Waals surface area contributed by atoms with Gasteiger partial charge in [-0.2, -0.15) is 0 Å². The number of fused-ring (bicyclic) bond motifs is 1. The summed E-state index contributed by atoms with van der Waals surface area (Å²) in [6.45, 7) is 10.4. The highest BCUT2D eigenvalue weighted by molar-refractivity contribution is 5.89. The molecule has 0 unspecified atom stereocenters. The monoisotopic (exact) mass is 274 g/mol. The normalized spacial score (nSPS) is 20.0. The molecule has 2 nitrogen and oxygen atoms in total. The van der Waals surface area contributed by atoms with Gasteiger partial charge in [-0.3, -0.25) is 0 Å². The van der Waals surface area contributed by atoms with Crippen LogP contribution in [0.2, 0.25) is 0 Å². The number of aromatic amines is 1. The molecule has 2 N–H and O–H groups in total. The minimum Gasteiger partial charge on any atom is -0.361 e. The molecular weight excluding hydrogens is 256 g/mol. The van der Waals surface area contributed by atoms with E-state index in [9.17, 15) is 0 Å². The van der Waals surface area contributed by atoms with Crippen LogP contribution in [0.1, 0.15) is 11.1 Å². The second-order valence-corrected chi connectivity index (χ2v) is 5.21. The van der Waals surface area contributed by atoms with Gasteiger partial charge in [0.25, 0.3) is 0 Å². The Labute approximate surface area is 124 Å². The minimum atomic E-state index is 0.946. The van der Waals surface area contributed by atoms with Crippen molar-refractivity contribution >= 4 is 16.5 Å². The number of hydrogen-bond acceptors (Lipinski definition) is 1. The molecule has 0 amide bonds. The first kappa shape index (κ1) is 13.3. The molecule has 0 bridgehead atoms. The van der Waals surface area contributed by atoms with E-state index in [4.69, 9.17) is 0 Å². The molecule has 0 spiro atoms. The average molecular weight is 274 g/mol. The maximum atomic E-state index is 4.24. The first-order valence-electron chi connectivity index (χ1n) is 6.93. The van der Waals surface area contributed by atoms with Gasteiger partial charge in [-0.25, -0.2) is 0 Å². The maximum absolute atomic E-state index is 4.24. The Balaban J connectivity index is 2.01. The second kappa shape index (κ2) is 5.33. The molecule has 3 rings (SSSR count). The minimum absolute atomic E-state index is 0.946. The van der Waals surface area contributed by atoms with Crippen LogP contribution in [0.4, 0.5) is 0 Å². The summed E-state index contributed by atoms with van der Waals surface area (Å²) in [5, 5.41) is 4.50. The third kappa shape index (κ3) is 2.61. The van der Waals surface area contributed by atoms with Crippen molar-refractivity contribution < 1.29 is 0 Å². The summed E-state index contributed by atoms with van der Waals surface area (Å²) in [5.74, 6) is 0. The first-order valence-corrected chi connectivity index (χ1v) is 6.93. The first-order chi connectivity index (χ1) is 10.1. The summed E-state index contributed by atoms with van der Waals surface area (Å²) < 4.78 is 0. The Morgan fingerprint density at radius 2 is 2.05 bits per heavy atom. The van der Waals surface area contributed by atoms with Crippen LogP contribution in [0, 0.1) is 6.92 Å². The summed E-state index contributed by atoms with van der Waals surface area (Å²) in [6.07, 6.45) is 11.8. The van der Waals surface area contributed by atoms with Gasteiger partial charge in [-0.05, 0) is 53.5 Å². The lowest BCUT2D eigenvalue weighted by atomic mass is 10.00. The van der Waals surface area contributed by atoms with Crippen LogP contribution in [0.3, 0.4) is 0 Å². The highest BCUT2D eigenvalue weighted by atomic mass is 14.9. The quantitative estimate of drug-likeness (QED) is 0.822. The lowest BCUT2D eigenvalue weighted by Gasteiger charge is -2.13. The van der Waals surface area contributed by atoms with Crippen molar-refractivity contribution in [2.75, 3.05) is 0 Å². The predicted octanol–water partition coefficient (Wildman–Crippen LogP) is 4.60. The van der Waals surface area contributed by atoms with Crippen LogP contribution in [0.5, 0.6) is 0 Å². The third-order valence-electron chi connectivity index (χ3n) is 3.65. The van der Waals surface area contributed by atoms with Gasteiger partial charge in [0.2, 0.25) is 0 Å². The number of hydrogen-bond donors (Lipinski definition) is 2. The maximum Gasteiger partial charge on any atom is 0.0459 e. The molecule has 0 aliphatic carbocycles. The molecular formula is C19H18N2. The Bertz CT molecular complexity index is 813. The lowest BCUT2D eigenvalue weighted by Crippen LogP contribution is -2.07. The van der Waals surface area contributed by atoms with Gasteiger partial charge in [-0.15, -0.1) is 0 Å². The van der Waals surface area contributed by atoms with Crippen molar-refractivity contribution in [3.8, 4) is 0 Å². The molecule has 0 radical (unpaired) electrons. The lowest BCUT2D eigenvalue weighted by molar-refractivity contribution is 1.11. The summed E-state index contributed by atoms with van der Waals surface area (Å²) in [6, 6.07) is 6.36. The summed E-state index contributed by atoms with van der Waals surface area (Å²) >= 11 is 0. The van der Waals surface area contributed by atoms with Crippen molar-refractivity contribution in [3.05, 3.63) is 90.5 Å². The number of nitrogens with one attached hydrogen (secondary N) is 2. The number of aryl methyl sites for hydroxylation is 1. The fourth-order valence-electron chi connectivity index (χ4n) is 2.43. The molecule has 2 aromatic rings. The van der Waals surface area contributed by atoms with Crippen molar-refractivity contribution in [1.82, 2.24) is 10.3 Å². The van der Waals surface area contributed by atoms with E-state index in [1.165, 1.54) is 10.9 Å². The van der Waals surface area contributed by atoms with Crippen LogP contribution in [-0.2, 0) is 0 Å². The number of allylic oxidation sites excluding steroid dienone is 6. The van der Waals surface area contributed by atoms with Crippen LogP contribution in [-0.4, -0.2) is 4.98 Å². The van der Waals surface area contributed by atoms with E-state index >= 15 is 0 Å². The Hall–Kier alpha value is -2.74. The molecule has 0 atom stereocenters. The number of aromatic nitrogens is 1. The van der Waals surface area contributed by atoms with E-state index in [-0.39, 0.29) is 0 Å². The smallest absolute Gasteiger partial charge is 0.0459 e. The van der Waals surface area contributed by atoms with E-state index in [2.05, 4.69) is 48.6 Å². The van der Waals surface area contributed by atoms with E-state index in [1.54, 1.807) is 0 Å². The van der Waals surface area contributed by atoms with Crippen LogP contribution < -0.4 is 5.32 Å². The zero-order valence-corrected chi connectivity index (χ0v) is 12.1. The van der Waals surface area contributed by atoms with E-state index in [1.807, 2.05) is 36.7 Å². The van der Waals surface area contributed by atoms with E-state index in [0.717, 1.165) is 27.9 Å². The standard InChI is InChI=1S/C19H18N2/c1-13-6-4-5-9-20-19(10-13)15(3)16-7-8-18-17(11-16)14(2)12-21-18/h4-12,20-21H,1,3H2,2H3/b6-4-,9-5-,19-10-. The summed E-state index contributed by atoms with van der Waals surface area (Å²) in [5.41, 5.74) is 6.37. The molecule has 0 saturated heterocycles. The molecule has 1 aliphatic heterocycles. The molecule has 104 valence electrons. The average Bonchev–Trinajstić information content (AvgIpc) is 2.83. The molecule has 2 heteroatoms. The molecule has 21 heavy (non-hydrogen) atoms. The fraction of sp³-hybridized carbons (Fsp3) is 0.0526.